The predicted molar refractivity (Wildman–Crippen MR) is 66.1 cm³/mol. The average molecular weight is 246 g/mol. The van der Waals surface area contributed by atoms with Gasteiger partial charge in [-0.15, -0.1) is 0 Å². The highest BCUT2D eigenvalue weighted by Crippen LogP contribution is 2.45. The zero-order valence-corrected chi connectivity index (χ0v) is 10.1. The van der Waals surface area contributed by atoms with E-state index in [0.29, 0.717) is 5.69 Å². The first-order chi connectivity index (χ1) is 8.70. The van der Waals surface area contributed by atoms with E-state index in [1.54, 1.807) is 12.1 Å². The number of amides is 1. The first-order valence-corrected chi connectivity index (χ1v) is 5.75. The summed E-state index contributed by atoms with van der Waals surface area (Å²) in [4.78, 5) is 25.6. The molecule has 1 saturated carbocycles. The van der Waals surface area contributed by atoms with Gasteiger partial charge in [0.1, 0.15) is 0 Å². The van der Waals surface area contributed by atoms with Gasteiger partial charge in [-0.05, 0) is 37.0 Å². The van der Waals surface area contributed by atoms with Gasteiger partial charge < -0.3 is 4.74 Å². The summed E-state index contributed by atoms with van der Waals surface area (Å²) < 4.78 is 4.53. The van der Waals surface area contributed by atoms with Crippen molar-refractivity contribution in [2.24, 2.45) is 4.99 Å². The van der Waals surface area contributed by atoms with E-state index in [9.17, 15) is 9.59 Å². The molecule has 0 radical (unpaired) electrons. The maximum absolute atomic E-state index is 11.1. The number of isocyanates is 1. The Hall–Kier alpha value is -2.13. The van der Waals surface area contributed by atoms with E-state index >= 15 is 0 Å². The second-order valence-electron chi connectivity index (χ2n) is 4.29. The summed E-state index contributed by atoms with van der Waals surface area (Å²) in [6, 6.07) is 7.30. The van der Waals surface area contributed by atoms with Crippen molar-refractivity contribution in [1.82, 2.24) is 0 Å². The second kappa shape index (κ2) is 5.02. The zero-order valence-electron chi connectivity index (χ0n) is 10.1. The maximum atomic E-state index is 11.1. The van der Waals surface area contributed by atoms with Gasteiger partial charge in [0.05, 0.1) is 12.6 Å². The van der Waals surface area contributed by atoms with Crippen molar-refractivity contribution < 1.29 is 14.3 Å². The maximum Gasteiger partial charge on any atom is 0.411 e. The Morgan fingerprint density at radius 1 is 1.50 bits per heavy atom. The lowest BCUT2D eigenvalue weighted by Gasteiger charge is -2.37. The molecular formula is C13H14N2O3. The molecule has 0 saturated heterocycles. The van der Waals surface area contributed by atoms with E-state index in [4.69, 9.17) is 0 Å². The number of carbonyl (C=O) groups excluding carboxylic acids is 2. The number of ether oxygens (including phenoxy) is 1. The minimum Gasteiger partial charge on any atom is -0.453 e. The molecule has 0 atom stereocenters. The Morgan fingerprint density at radius 3 is 2.83 bits per heavy atom. The molecule has 1 fully saturated rings. The van der Waals surface area contributed by atoms with Crippen LogP contribution in [0.2, 0.25) is 0 Å². The monoisotopic (exact) mass is 246 g/mol. The van der Waals surface area contributed by atoms with Crippen molar-refractivity contribution in [3.05, 3.63) is 29.8 Å². The van der Waals surface area contributed by atoms with Crippen molar-refractivity contribution in [2.75, 3.05) is 12.4 Å². The first kappa shape index (κ1) is 12.3. The predicted octanol–water partition coefficient (Wildman–Crippen LogP) is 2.58. The summed E-state index contributed by atoms with van der Waals surface area (Å²) in [6.45, 7) is 0. The van der Waals surface area contributed by atoms with Gasteiger partial charge in [-0.2, -0.15) is 4.99 Å². The lowest BCUT2D eigenvalue weighted by atomic mass is 9.72. The summed E-state index contributed by atoms with van der Waals surface area (Å²) in [7, 11) is 1.31. The molecule has 1 aromatic rings. The molecule has 1 N–H and O–H groups in total. The fourth-order valence-corrected chi connectivity index (χ4v) is 2.12. The Labute approximate surface area is 105 Å². The Balaban J connectivity index is 2.26. The van der Waals surface area contributed by atoms with Crippen LogP contribution < -0.4 is 5.32 Å². The lowest BCUT2D eigenvalue weighted by molar-refractivity contribution is 0.187. The summed E-state index contributed by atoms with van der Waals surface area (Å²) >= 11 is 0. The summed E-state index contributed by atoms with van der Waals surface area (Å²) in [5, 5.41) is 2.59. The third kappa shape index (κ3) is 2.26. The van der Waals surface area contributed by atoms with Crippen molar-refractivity contribution in [1.29, 1.82) is 0 Å². The number of aliphatic imine (C=N–C) groups is 1. The number of nitrogens with one attached hydrogen (secondary N) is 1. The van der Waals surface area contributed by atoms with E-state index in [2.05, 4.69) is 15.0 Å². The quantitative estimate of drug-likeness (QED) is 0.658. The van der Waals surface area contributed by atoms with E-state index in [1.807, 2.05) is 18.2 Å². The van der Waals surface area contributed by atoms with Crippen LogP contribution in [0, 0.1) is 0 Å². The van der Waals surface area contributed by atoms with Crippen LogP contribution in [0.15, 0.2) is 29.3 Å². The van der Waals surface area contributed by atoms with Crippen LogP contribution in [0.25, 0.3) is 0 Å². The molecular weight excluding hydrogens is 232 g/mol. The smallest absolute Gasteiger partial charge is 0.411 e. The molecule has 0 heterocycles. The van der Waals surface area contributed by atoms with Crippen molar-refractivity contribution in [3.63, 3.8) is 0 Å². The summed E-state index contributed by atoms with van der Waals surface area (Å²) in [5.41, 5.74) is 1.10. The largest absolute Gasteiger partial charge is 0.453 e. The van der Waals surface area contributed by atoms with Crippen LogP contribution in [0.1, 0.15) is 24.8 Å². The minimum absolute atomic E-state index is 0.449. The van der Waals surface area contributed by atoms with E-state index in [0.717, 1.165) is 24.8 Å². The van der Waals surface area contributed by atoms with Gasteiger partial charge in [0.2, 0.25) is 6.08 Å². The average Bonchev–Trinajstić information content (AvgIpc) is 2.34. The van der Waals surface area contributed by atoms with Gasteiger partial charge in [-0.3, -0.25) is 5.32 Å². The molecule has 5 nitrogen and oxygen atoms in total. The highest BCUT2D eigenvalue weighted by atomic mass is 16.5. The van der Waals surface area contributed by atoms with Crippen molar-refractivity contribution in [2.45, 2.75) is 24.8 Å². The standard InChI is InChI=1S/C13H14N2O3/c1-18-12(17)15-11-5-2-4-10(8-11)13(14-9-16)6-3-7-13/h2,4-5,8H,3,6-7H2,1H3,(H,15,17). The molecule has 0 aromatic heterocycles. The van der Waals surface area contributed by atoms with Crippen LogP contribution in [-0.4, -0.2) is 19.3 Å². The summed E-state index contributed by atoms with van der Waals surface area (Å²) in [5.74, 6) is 0. The molecule has 5 heteroatoms. The Morgan fingerprint density at radius 2 is 2.28 bits per heavy atom. The van der Waals surface area contributed by atoms with Gasteiger partial charge in [-0.1, -0.05) is 12.1 Å². The molecule has 0 aliphatic heterocycles. The molecule has 1 aliphatic rings. The molecule has 0 bridgehead atoms. The van der Waals surface area contributed by atoms with E-state index in [1.165, 1.54) is 7.11 Å². The van der Waals surface area contributed by atoms with Gasteiger partial charge >= 0.3 is 6.09 Å². The van der Waals surface area contributed by atoms with E-state index in [-0.39, 0.29) is 0 Å². The van der Waals surface area contributed by atoms with Crippen LogP contribution >= 0.6 is 0 Å². The highest BCUT2D eigenvalue weighted by Gasteiger charge is 2.38. The van der Waals surface area contributed by atoms with Gasteiger partial charge in [0.15, 0.2) is 0 Å². The van der Waals surface area contributed by atoms with E-state index < -0.39 is 11.6 Å². The third-order valence-electron chi connectivity index (χ3n) is 3.27. The second-order valence-corrected chi connectivity index (χ2v) is 4.29. The molecule has 1 aliphatic carbocycles. The van der Waals surface area contributed by atoms with Gasteiger partial charge in [0, 0.05) is 5.69 Å². The first-order valence-electron chi connectivity index (χ1n) is 5.75. The lowest BCUT2D eigenvalue weighted by Crippen LogP contribution is -2.31. The van der Waals surface area contributed by atoms with Gasteiger partial charge in [0.25, 0.3) is 0 Å². The van der Waals surface area contributed by atoms with Crippen LogP contribution in [-0.2, 0) is 15.1 Å². The number of anilines is 1. The topological polar surface area (TPSA) is 67.8 Å². The SMILES string of the molecule is COC(=O)Nc1cccc(C2(N=C=O)CCC2)c1. The highest BCUT2D eigenvalue weighted by molar-refractivity contribution is 5.84. The molecule has 1 amide bonds. The van der Waals surface area contributed by atoms with Crippen LogP contribution in [0.5, 0.6) is 0 Å². The van der Waals surface area contributed by atoms with Crippen molar-refractivity contribution >= 4 is 17.9 Å². The van der Waals surface area contributed by atoms with Crippen LogP contribution in [0.3, 0.4) is 0 Å². The third-order valence-corrected chi connectivity index (χ3v) is 3.27. The number of carbonyl (C=O) groups is 1. The number of nitrogens with zero attached hydrogens (tertiary/aromatic N) is 1. The van der Waals surface area contributed by atoms with Crippen LogP contribution in [0.4, 0.5) is 10.5 Å². The number of benzene rings is 1. The molecule has 0 unspecified atom stereocenters. The zero-order chi connectivity index (χ0) is 13.0. The molecule has 0 spiro atoms. The fraction of sp³-hybridized carbons (Fsp3) is 0.385. The Bertz CT molecular complexity index is 503. The van der Waals surface area contributed by atoms with Gasteiger partial charge in [-0.25, -0.2) is 9.59 Å². The Kier molecular flexibility index (Phi) is 3.44. The van der Waals surface area contributed by atoms with Crippen molar-refractivity contribution in [3.8, 4) is 0 Å². The summed E-state index contributed by atoms with van der Waals surface area (Å²) in [6.07, 6.45) is 3.84. The molecule has 1 aromatic carbocycles. The molecule has 18 heavy (non-hydrogen) atoms. The fourth-order valence-electron chi connectivity index (χ4n) is 2.12. The molecule has 94 valence electrons. The number of hydrogen-bond donors (Lipinski definition) is 1. The molecule has 2 rings (SSSR count). The number of rotatable bonds is 3. The minimum atomic E-state index is -0.520. The normalized spacial score (nSPS) is 16.1. The number of methoxy groups -OCH3 is 1. The number of hydrogen-bond acceptors (Lipinski definition) is 4.